The molecule has 7 heteroatoms. The number of halogens is 1. The maximum absolute atomic E-state index is 12.9. The van der Waals surface area contributed by atoms with Crippen LogP contribution in [0.1, 0.15) is 20.8 Å². The molecule has 0 saturated heterocycles. The number of carbonyl (C=O) groups excluding carboxylic acids is 1. The Kier molecular flexibility index (Phi) is 5.93. The molecule has 3 rings (SSSR count). The Hall–Kier alpha value is -2.77. The number of nitrogens with two attached hydrogens (primary N) is 1. The fourth-order valence-electron chi connectivity index (χ4n) is 2.31. The molecule has 3 aromatic rings. The van der Waals surface area contributed by atoms with Crippen LogP contribution in [-0.4, -0.2) is 17.4 Å². The number of nitrogens with zero attached hydrogens (tertiary/aromatic N) is 1. The first kappa shape index (κ1) is 18.0. The molecule has 0 aliphatic carbocycles. The van der Waals surface area contributed by atoms with Gasteiger partial charge < -0.3 is 15.8 Å². The van der Waals surface area contributed by atoms with Gasteiger partial charge in [-0.3, -0.25) is 4.79 Å². The minimum Gasteiger partial charge on any atom is -0.431 e. The Balaban J connectivity index is 1.45. The molecular formula is C19H18FN3O2S. The van der Waals surface area contributed by atoms with Gasteiger partial charge in [-0.1, -0.05) is 35.6 Å². The number of carbonyl (C=O) groups is 1. The first-order chi connectivity index (χ1) is 12.6. The Bertz CT molecular complexity index is 863. The number of benzene rings is 2. The Morgan fingerprint density at radius 1 is 1.12 bits per heavy atom. The van der Waals surface area contributed by atoms with Crippen molar-refractivity contribution in [3.63, 3.8) is 0 Å². The minimum atomic E-state index is -0.514. The van der Waals surface area contributed by atoms with Crippen LogP contribution < -0.4 is 15.8 Å². The fourth-order valence-corrected chi connectivity index (χ4v) is 2.95. The Morgan fingerprint density at radius 3 is 2.46 bits per heavy atom. The average Bonchev–Trinajstić information content (AvgIpc) is 3.10. The topological polar surface area (TPSA) is 77.2 Å². The highest BCUT2D eigenvalue weighted by molar-refractivity contribution is 7.15. The van der Waals surface area contributed by atoms with Gasteiger partial charge in [0.25, 0.3) is 11.1 Å². The molecule has 0 unspecified atom stereocenters. The van der Waals surface area contributed by atoms with Crippen molar-refractivity contribution in [2.75, 3.05) is 6.54 Å². The average molecular weight is 371 g/mol. The van der Waals surface area contributed by atoms with E-state index in [9.17, 15) is 9.18 Å². The van der Waals surface area contributed by atoms with Crippen LogP contribution in [0.25, 0.3) is 0 Å². The van der Waals surface area contributed by atoms with Crippen LogP contribution in [0.15, 0.2) is 54.7 Å². The first-order valence-corrected chi connectivity index (χ1v) is 8.89. The molecule has 1 amide bonds. The molecule has 5 nitrogen and oxygen atoms in total. The quantitative estimate of drug-likeness (QED) is 0.594. The second-order valence-electron chi connectivity index (χ2n) is 5.65. The highest BCUT2D eigenvalue weighted by Crippen LogP contribution is 2.26. The van der Waals surface area contributed by atoms with E-state index in [1.807, 2.05) is 24.3 Å². The zero-order valence-electron chi connectivity index (χ0n) is 13.9. The van der Waals surface area contributed by atoms with Crippen LogP contribution in [0, 0.1) is 5.82 Å². The molecule has 0 aliphatic rings. The zero-order chi connectivity index (χ0) is 18.4. The summed E-state index contributed by atoms with van der Waals surface area (Å²) in [5.74, 6) is -0.0857. The lowest BCUT2D eigenvalue weighted by atomic mass is 10.1. The molecule has 0 atom stereocenters. The third-order valence-electron chi connectivity index (χ3n) is 3.69. The highest BCUT2D eigenvalue weighted by Gasteiger charge is 2.08. The van der Waals surface area contributed by atoms with Crippen molar-refractivity contribution >= 4 is 17.2 Å². The molecule has 0 fully saturated rings. The summed E-state index contributed by atoms with van der Waals surface area (Å²) in [4.78, 5) is 15.4. The van der Waals surface area contributed by atoms with Gasteiger partial charge in [0.2, 0.25) is 0 Å². The number of nitrogens with one attached hydrogen (secondary N) is 1. The number of thiazole rings is 1. The fraction of sp³-hybridized carbons (Fsp3) is 0.158. The second-order valence-corrected chi connectivity index (χ2v) is 6.65. The SMILES string of the molecule is NC(=O)c1cnc(Oc2ccc(CNCCc3ccc(F)cc3)cc2)s1. The maximum atomic E-state index is 12.9. The van der Waals surface area contributed by atoms with Gasteiger partial charge in [-0.15, -0.1) is 0 Å². The predicted octanol–water partition coefficient (Wildman–Crippen LogP) is 3.51. The number of amides is 1. The minimum absolute atomic E-state index is 0.215. The van der Waals surface area contributed by atoms with Crippen molar-refractivity contribution in [3.8, 4) is 10.9 Å². The summed E-state index contributed by atoms with van der Waals surface area (Å²) in [5, 5.41) is 3.73. The third-order valence-corrected chi connectivity index (χ3v) is 4.58. The number of hydrogen-bond acceptors (Lipinski definition) is 5. The van der Waals surface area contributed by atoms with E-state index >= 15 is 0 Å². The molecular weight excluding hydrogens is 353 g/mol. The summed E-state index contributed by atoms with van der Waals surface area (Å²) < 4.78 is 18.5. The summed E-state index contributed by atoms with van der Waals surface area (Å²) in [6, 6.07) is 14.2. The van der Waals surface area contributed by atoms with Gasteiger partial charge in [-0.25, -0.2) is 9.37 Å². The smallest absolute Gasteiger partial charge is 0.279 e. The largest absolute Gasteiger partial charge is 0.431 e. The number of hydrogen-bond donors (Lipinski definition) is 2. The van der Waals surface area contributed by atoms with Crippen molar-refractivity contribution in [2.24, 2.45) is 5.73 Å². The van der Waals surface area contributed by atoms with Crippen molar-refractivity contribution in [1.82, 2.24) is 10.3 Å². The van der Waals surface area contributed by atoms with Gasteiger partial charge in [0.15, 0.2) is 0 Å². The molecule has 0 bridgehead atoms. The van der Waals surface area contributed by atoms with Gasteiger partial charge in [0, 0.05) is 6.54 Å². The first-order valence-electron chi connectivity index (χ1n) is 8.08. The van der Waals surface area contributed by atoms with E-state index in [4.69, 9.17) is 10.5 Å². The molecule has 26 heavy (non-hydrogen) atoms. The second kappa shape index (κ2) is 8.55. The highest BCUT2D eigenvalue weighted by atomic mass is 32.1. The number of primary amides is 1. The van der Waals surface area contributed by atoms with Crippen molar-refractivity contribution in [2.45, 2.75) is 13.0 Å². The lowest BCUT2D eigenvalue weighted by molar-refractivity contribution is 0.100. The van der Waals surface area contributed by atoms with Crippen molar-refractivity contribution < 1.29 is 13.9 Å². The Labute approximate surface area is 154 Å². The lowest BCUT2D eigenvalue weighted by Gasteiger charge is -2.07. The lowest BCUT2D eigenvalue weighted by Crippen LogP contribution is -2.16. The number of aromatic nitrogens is 1. The van der Waals surface area contributed by atoms with E-state index in [1.54, 1.807) is 12.1 Å². The van der Waals surface area contributed by atoms with Crippen LogP contribution in [0.2, 0.25) is 0 Å². The summed E-state index contributed by atoms with van der Waals surface area (Å²) >= 11 is 1.11. The van der Waals surface area contributed by atoms with E-state index in [2.05, 4.69) is 10.3 Å². The van der Waals surface area contributed by atoms with Crippen molar-refractivity contribution in [3.05, 3.63) is 76.5 Å². The molecule has 134 valence electrons. The molecule has 1 heterocycles. The predicted molar refractivity (Wildman–Crippen MR) is 99.0 cm³/mol. The maximum Gasteiger partial charge on any atom is 0.279 e. The number of rotatable bonds is 8. The molecule has 0 saturated carbocycles. The Morgan fingerprint density at radius 2 is 1.81 bits per heavy atom. The molecule has 0 aliphatic heterocycles. The van der Waals surface area contributed by atoms with Gasteiger partial charge in [-0.05, 0) is 48.4 Å². The molecule has 3 N–H and O–H groups in total. The monoisotopic (exact) mass is 371 g/mol. The standard InChI is InChI=1S/C19H18FN3O2S/c20-15-5-1-13(2-6-15)9-10-22-11-14-3-7-16(8-4-14)25-19-23-12-17(26-19)18(21)24/h1-8,12,22H,9-11H2,(H2,21,24). The normalized spacial score (nSPS) is 10.7. The summed E-state index contributed by atoms with van der Waals surface area (Å²) in [6.07, 6.45) is 2.25. The van der Waals surface area contributed by atoms with Crippen LogP contribution in [0.5, 0.6) is 10.9 Å². The molecule has 2 aromatic carbocycles. The zero-order valence-corrected chi connectivity index (χ0v) is 14.8. The van der Waals surface area contributed by atoms with Crippen LogP contribution in [0.4, 0.5) is 4.39 Å². The molecule has 1 aromatic heterocycles. The van der Waals surface area contributed by atoms with Gasteiger partial charge in [-0.2, -0.15) is 0 Å². The van der Waals surface area contributed by atoms with Crippen LogP contribution >= 0.6 is 11.3 Å². The van der Waals surface area contributed by atoms with E-state index < -0.39 is 5.91 Å². The van der Waals surface area contributed by atoms with Crippen LogP contribution in [0.3, 0.4) is 0 Å². The van der Waals surface area contributed by atoms with Crippen molar-refractivity contribution in [1.29, 1.82) is 0 Å². The van der Waals surface area contributed by atoms with E-state index in [0.29, 0.717) is 15.8 Å². The molecule has 0 spiro atoms. The van der Waals surface area contributed by atoms with Gasteiger partial charge in [0.1, 0.15) is 16.4 Å². The summed E-state index contributed by atoms with van der Waals surface area (Å²) in [6.45, 7) is 1.53. The summed E-state index contributed by atoms with van der Waals surface area (Å²) in [5.41, 5.74) is 7.41. The van der Waals surface area contributed by atoms with Gasteiger partial charge >= 0.3 is 0 Å². The number of ether oxygens (including phenoxy) is 1. The molecule has 0 radical (unpaired) electrons. The summed E-state index contributed by atoms with van der Waals surface area (Å²) in [7, 11) is 0. The van der Waals surface area contributed by atoms with E-state index in [0.717, 1.165) is 42.0 Å². The third kappa shape index (κ3) is 5.11. The van der Waals surface area contributed by atoms with E-state index in [-0.39, 0.29) is 5.82 Å². The van der Waals surface area contributed by atoms with Gasteiger partial charge in [0.05, 0.1) is 6.20 Å². The van der Waals surface area contributed by atoms with Crippen LogP contribution in [-0.2, 0) is 13.0 Å². The van der Waals surface area contributed by atoms with E-state index in [1.165, 1.54) is 18.3 Å².